The average Bonchev–Trinajstić information content (AvgIpc) is 2.82. The molecule has 18 heavy (non-hydrogen) atoms. The Hall–Kier alpha value is -1.46. The summed E-state index contributed by atoms with van der Waals surface area (Å²) in [6, 6.07) is 9.26. The minimum absolute atomic E-state index is 0.0303. The number of hydrogen-bond donors (Lipinski definition) is 2. The second-order valence-electron chi connectivity index (χ2n) is 4.33. The zero-order chi connectivity index (χ0) is 12.5. The SMILES string of the molecule is O=C(O)C1CSCC(c2cc3ccccc3o2)N1. The van der Waals surface area contributed by atoms with E-state index in [0.717, 1.165) is 22.5 Å². The summed E-state index contributed by atoms with van der Waals surface area (Å²) in [6.45, 7) is 0. The highest BCUT2D eigenvalue weighted by Gasteiger charge is 2.29. The number of aliphatic carboxylic acids is 1. The minimum Gasteiger partial charge on any atom is -0.480 e. The van der Waals surface area contributed by atoms with Gasteiger partial charge in [0.15, 0.2) is 0 Å². The van der Waals surface area contributed by atoms with E-state index in [1.807, 2.05) is 30.3 Å². The third-order valence-corrected chi connectivity index (χ3v) is 4.20. The van der Waals surface area contributed by atoms with E-state index in [-0.39, 0.29) is 6.04 Å². The van der Waals surface area contributed by atoms with E-state index in [9.17, 15) is 4.79 Å². The number of benzene rings is 1. The van der Waals surface area contributed by atoms with Crippen LogP contribution >= 0.6 is 11.8 Å². The highest BCUT2D eigenvalue weighted by atomic mass is 32.2. The first-order valence-electron chi connectivity index (χ1n) is 5.79. The van der Waals surface area contributed by atoms with E-state index >= 15 is 0 Å². The van der Waals surface area contributed by atoms with E-state index < -0.39 is 12.0 Å². The van der Waals surface area contributed by atoms with Crippen LogP contribution < -0.4 is 5.32 Å². The number of carbonyl (C=O) groups is 1. The summed E-state index contributed by atoms with van der Waals surface area (Å²) in [4.78, 5) is 11.0. The van der Waals surface area contributed by atoms with Gasteiger partial charge in [-0.15, -0.1) is 0 Å². The molecular formula is C13H13NO3S. The molecule has 2 heterocycles. The van der Waals surface area contributed by atoms with Crippen LogP contribution in [0.15, 0.2) is 34.7 Å². The monoisotopic (exact) mass is 263 g/mol. The molecule has 5 heteroatoms. The van der Waals surface area contributed by atoms with Gasteiger partial charge in [0.05, 0.1) is 6.04 Å². The molecule has 2 N–H and O–H groups in total. The second-order valence-corrected chi connectivity index (χ2v) is 5.41. The normalized spacial score (nSPS) is 24.2. The number of carboxylic acids is 1. The van der Waals surface area contributed by atoms with Crippen molar-refractivity contribution in [3.8, 4) is 0 Å². The van der Waals surface area contributed by atoms with Crippen molar-refractivity contribution < 1.29 is 14.3 Å². The number of rotatable bonds is 2. The lowest BCUT2D eigenvalue weighted by Crippen LogP contribution is -2.45. The van der Waals surface area contributed by atoms with Gasteiger partial charge in [-0.25, -0.2) is 0 Å². The molecule has 2 unspecified atom stereocenters. The van der Waals surface area contributed by atoms with Crippen LogP contribution in [-0.2, 0) is 4.79 Å². The van der Waals surface area contributed by atoms with Crippen molar-refractivity contribution in [2.24, 2.45) is 0 Å². The van der Waals surface area contributed by atoms with Crippen molar-refractivity contribution in [3.63, 3.8) is 0 Å². The molecule has 0 aliphatic carbocycles. The molecule has 1 aliphatic rings. The smallest absolute Gasteiger partial charge is 0.321 e. The van der Waals surface area contributed by atoms with Crippen molar-refractivity contribution >= 4 is 28.7 Å². The van der Waals surface area contributed by atoms with Crippen LogP contribution in [0, 0.1) is 0 Å². The van der Waals surface area contributed by atoms with E-state index in [1.165, 1.54) is 0 Å². The van der Waals surface area contributed by atoms with E-state index in [4.69, 9.17) is 9.52 Å². The first kappa shape index (κ1) is 11.6. The second kappa shape index (κ2) is 4.66. The van der Waals surface area contributed by atoms with Gasteiger partial charge in [0.25, 0.3) is 0 Å². The molecule has 3 rings (SSSR count). The van der Waals surface area contributed by atoms with Crippen LogP contribution in [0.2, 0.25) is 0 Å². The van der Waals surface area contributed by atoms with Gasteiger partial charge in [0.1, 0.15) is 17.4 Å². The van der Waals surface area contributed by atoms with E-state index in [2.05, 4.69) is 5.32 Å². The fourth-order valence-corrected chi connectivity index (χ4v) is 3.23. The van der Waals surface area contributed by atoms with Gasteiger partial charge in [0.2, 0.25) is 0 Å². The van der Waals surface area contributed by atoms with E-state index in [0.29, 0.717) is 5.75 Å². The van der Waals surface area contributed by atoms with Crippen LogP contribution in [-0.4, -0.2) is 28.6 Å². The molecule has 0 radical (unpaired) electrons. The maximum Gasteiger partial charge on any atom is 0.321 e. The number of hydrogen-bond acceptors (Lipinski definition) is 4. The summed E-state index contributed by atoms with van der Waals surface area (Å²) in [5, 5.41) is 13.2. The Morgan fingerprint density at radius 3 is 3.00 bits per heavy atom. The van der Waals surface area contributed by atoms with Crippen molar-refractivity contribution in [1.29, 1.82) is 0 Å². The maximum atomic E-state index is 11.0. The predicted octanol–water partition coefficient (Wildman–Crippen LogP) is 2.26. The van der Waals surface area contributed by atoms with Crippen molar-refractivity contribution in [2.75, 3.05) is 11.5 Å². The quantitative estimate of drug-likeness (QED) is 0.870. The standard InChI is InChI=1S/C13H13NO3S/c15-13(16)10-7-18-6-9(14-10)12-5-8-3-1-2-4-11(8)17-12/h1-5,9-10,14H,6-7H2,(H,15,16). The lowest BCUT2D eigenvalue weighted by molar-refractivity contribution is -0.139. The minimum atomic E-state index is -0.802. The lowest BCUT2D eigenvalue weighted by Gasteiger charge is -2.26. The summed E-state index contributed by atoms with van der Waals surface area (Å²) >= 11 is 1.64. The first-order chi connectivity index (χ1) is 8.74. The predicted molar refractivity (Wildman–Crippen MR) is 70.8 cm³/mol. The average molecular weight is 263 g/mol. The fourth-order valence-electron chi connectivity index (χ4n) is 2.12. The number of furan rings is 1. The van der Waals surface area contributed by atoms with Crippen LogP contribution in [0.25, 0.3) is 11.0 Å². The molecule has 0 spiro atoms. The van der Waals surface area contributed by atoms with Gasteiger partial charge in [-0.2, -0.15) is 11.8 Å². The van der Waals surface area contributed by atoms with Gasteiger partial charge < -0.3 is 9.52 Å². The number of para-hydroxylation sites is 1. The number of thioether (sulfide) groups is 1. The van der Waals surface area contributed by atoms with Gasteiger partial charge in [0, 0.05) is 16.9 Å². The van der Waals surface area contributed by atoms with Gasteiger partial charge in [-0.1, -0.05) is 18.2 Å². The van der Waals surface area contributed by atoms with Crippen molar-refractivity contribution in [3.05, 3.63) is 36.1 Å². The molecular weight excluding hydrogens is 250 g/mol. The van der Waals surface area contributed by atoms with Gasteiger partial charge >= 0.3 is 5.97 Å². The molecule has 0 saturated carbocycles. The summed E-state index contributed by atoms with van der Waals surface area (Å²) < 4.78 is 5.77. The molecule has 94 valence electrons. The van der Waals surface area contributed by atoms with E-state index in [1.54, 1.807) is 11.8 Å². The molecule has 4 nitrogen and oxygen atoms in total. The van der Waals surface area contributed by atoms with Crippen LogP contribution in [0.3, 0.4) is 0 Å². The van der Waals surface area contributed by atoms with Crippen molar-refractivity contribution in [1.82, 2.24) is 5.32 Å². The molecule has 0 bridgehead atoms. The Morgan fingerprint density at radius 1 is 1.39 bits per heavy atom. The Labute approximate surface area is 108 Å². The third kappa shape index (κ3) is 2.11. The van der Waals surface area contributed by atoms with Crippen LogP contribution in [0.1, 0.15) is 11.8 Å². The van der Waals surface area contributed by atoms with Crippen LogP contribution in [0.4, 0.5) is 0 Å². The Balaban J connectivity index is 1.87. The Kier molecular flexibility index (Phi) is 3.01. The number of nitrogens with one attached hydrogen (secondary N) is 1. The first-order valence-corrected chi connectivity index (χ1v) is 6.94. The topological polar surface area (TPSA) is 62.5 Å². The third-order valence-electron chi connectivity index (χ3n) is 3.06. The number of fused-ring (bicyclic) bond motifs is 1. The zero-order valence-electron chi connectivity index (χ0n) is 9.63. The van der Waals surface area contributed by atoms with Crippen LogP contribution in [0.5, 0.6) is 0 Å². The zero-order valence-corrected chi connectivity index (χ0v) is 10.4. The summed E-state index contributed by atoms with van der Waals surface area (Å²) in [6.07, 6.45) is 0. The number of carboxylic acid groups (broad SMARTS) is 1. The summed E-state index contributed by atoms with van der Waals surface area (Å²) in [5.41, 5.74) is 0.844. The molecule has 1 aromatic heterocycles. The molecule has 2 atom stereocenters. The molecule has 2 aromatic rings. The largest absolute Gasteiger partial charge is 0.480 e. The summed E-state index contributed by atoms with van der Waals surface area (Å²) in [7, 11) is 0. The highest BCUT2D eigenvalue weighted by Crippen LogP contribution is 2.29. The Morgan fingerprint density at radius 2 is 2.22 bits per heavy atom. The van der Waals surface area contributed by atoms with Crippen molar-refractivity contribution in [2.45, 2.75) is 12.1 Å². The maximum absolute atomic E-state index is 11.0. The molecule has 1 fully saturated rings. The molecule has 1 aliphatic heterocycles. The Bertz CT molecular complexity index is 547. The summed E-state index contributed by atoms with van der Waals surface area (Å²) in [5.74, 6) is 1.45. The lowest BCUT2D eigenvalue weighted by atomic mass is 10.2. The molecule has 1 saturated heterocycles. The fraction of sp³-hybridized carbons (Fsp3) is 0.308. The molecule has 0 amide bonds. The highest BCUT2D eigenvalue weighted by molar-refractivity contribution is 7.99. The van der Waals surface area contributed by atoms with Gasteiger partial charge in [-0.3, -0.25) is 10.1 Å². The van der Waals surface area contributed by atoms with Gasteiger partial charge in [-0.05, 0) is 12.1 Å². The molecule has 1 aromatic carbocycles.